The van der Waals surface area contributed by atoms with Crippen molar-refractivity contribution in [3.63, 3.8) is 0 Å². The van der Waals surface area contributed by atoms with Crippen LogP contribution in [0.15, 0.2) is 59.5 Å². The molecule has 7 rings (SSSR count). The zero-order chi connectivity index (χ0) is 43.9. The standard InChI is InChI=1S/C24H27ClFN5O2.C10H8BrClFN3O/c1-3-31-24(33-18-6-7-21(26)20(25)11-18)28-22(29-31)12-19-15-4-5-16(19)14-30(13-15)17-8-9-27-23(10-17)32-2;1-2-16-10(14-9(11)15-16)17-6-3-4-8(13)7(12)5-6/h6-11,15-16,19H,3-5,12-14H2,1-2H3;3-5H,2H2,1H3/t15-,16+,19?;/i1D3,3D2;1D3,2D2. The van der Waals surface area contributed by atoms with Crippen LogP contribution in [0.2, 0.25) is 10.0 Å². The van der Waals surface area contributed by atoms with Gasteiger partial charge in [0, 0.05) is 70.8 Å². The summed E-state index contributed by atoms with van der Waals surface area (Å²) in [5.74, 6) is 0.651. The monoisotopic (exact) mass is 800 g/mol. The van der Waals surface area contributed by atoms with Crippen LogP contribution in [-0.4, -0.2) is 54.7 Å². The molecule has 0 radical (unpaired) electrons. The first kappa shape index (κ1) is 25.0. The van der Waals surface area contributed by atoms with E-state index in [0.717, 1.165) is 49.8 Å². The van der Waals surface area contributed by atoms with Crippen LogP contribution in [0.4, 0.5) is 14.5 Å². The van der Waals surface area contributed by atoms with E-state index in [1.165, 1.54) is 18.2 Å². The Balaban J connectivity index is 0.000000233. The molecular weight excluding hydrogens is 757 g/mol. The molecule has 5 aromatic rings. The van der Waals surface area contributed by atoms with Gasteiger partial charge in [0.2, 0.25) is 10.6 Å². The van der Waals surface area contributed by atoms with Crippen LogP contribution in [-0.2, 0) is 19.4 Å². The summed E-state index contributed by atoms with van der Waals surface area (Å²) < 4.78 is 121. The molecule has 4 heterocycles. The molecular formula is C34H35BrCl2F2N8O3. The highest BCUT2D eigenvalue weighted by Gasteiger charge is 2.42. The molecule has 2 aromatic carbocycles. The van der Waals surface area contributed by atoms with Gasteiger partial charge in [-0.05, 0) is 90.6 Å². The molecule has 1 saturated carbocycles. The number of rotatable bonds is 10. The number of pyridine rings is 1. The first-order valence-corrected chi connectivity index (χ1v) is 16.6. The summed E-state index contributed by atoms with van der Waals surface area (Å²) in [6, 6.07) is 10.2. The summed E-state index contributed by atoms with van der Waals surface area (Å²) in [7, 11) is 1.59. The predicted molar refractivity (Wildman–Crippen MR) is 188 cm³/mol. The second kappa shape index (κ2) is 15.9. The van der Waals surface area contributed by atoms with Crippen LogP contribution in [0.5, 0.6) is 29.4 Å². The van der Waals surface area contributed by atoms with Gasteiger partial charge in [0.15, 0.2) is 5.82 Å². The van der Waals surface area contributed by atoms with E-state index < -0.39 is 44.3 Å². The Bertz CT molecular complexity index is 2330. The fraction of sp³-hybridized carbons (Fsp3) is 0.382. The first-order chi connectivity index (χ1) is 28.0. The van der Waals surface area contributed by atoms with E-state index in [9.17, 15) is 8.78 Å². The molecule has 2 bridgehead atoms. The first-order valence-electron chi connectivity index (χ1n) is 20.1. The number of halogens is 5. The van der Waals surface area contributed by atoms with Crippen molar-refractivity contribution in [2.45, 2.75) is 46.0 Å². The highest BCUT2D eigenvalue weighted by atomic mass is 79.9. The van der Waals surface area contributed by atoms with Crippen molar-refractivity contribution in [1.82, 2.24) is 34.5 Å². The van der Waals surface area contributed by atoms with Crippen molar-refractivity contribution in [3.05, 3.63) is 87.0 Å². The van der Waals surface area contributed by atoms with Gasteiger partial charge in [-0.2, -0.15) is 15.1 Å². The Morgan fingerprint density at radius 2 is 1.48 bits per heavy atom. The second-order valence-corrected chi connectivity index (χ2v) is 12.8. The molecule has 0 N–H and O–H groups in total. The SMILES string of the molecule is [2H]C([2H])([2H])C([2H])([2H])n1nc(Br)nc1Oc1ccc(F)c(Cl)c1.[2H]C([2H])([2H])C([2H])([2H])n1nc(CC2[C@@H]3CC[C@H]2CN(c2ccnc(OC)c2)C3)nc1Oc1ccc(F)c(Cl)c1. The largest absolute Gasteiger partial charge is 0.481 e. The number of anilines is 1. The number of hydrogen-bond acceptors (Lipinski definition) is 9. The van der Waals surface area contributed by atoms with E-state index in [2.05, 4.69) is 46.0 Å². The van der Waals surface area contributed by atoms with Gasteiger partial charge in [0.1, 0.15) is 23.1 Å². The zero-order valence-electron chi connectivity index (χ0n) is 36.2. The summed E-state index contributed by atoms with van der Waals surface area (Å²) in [6.07, 6.45) is 4.27. The highest BCUT2D eigenvalue weighted by molar-refractivity contribution is 9.10. The summed E-state index contributed by atoms with van der Waals surface area (Å²) in [5.41, 5.74) is 1.05. The quantitative estimate of drug-likeness (QED) is 0.137. The lowest BCUT2D eigenvalue weighted by atomic mass is 9.82. The average molecular weight is 803 g/mol. The normalized spacial score (nSPS) is 22.1. The van der Waals surface area contributed by atoms with Gasteiger partial charge in [-0.15, -0.1) is 5.10 Å². The Hall–Kier alpha value is -4.01. The summed E-state index contributed by atoms with van der Waals surface area (Å²) in [4.78, 5) is 14.7. The lowest BCUT2D eigenvalue weighted by Crippen LogP contribution is -2.42. The minimum atomic E-state index is -3.04. The molecule has 50 heavy (non-hydrogen) atoms. The maximum atomic E-state index is 13.6. The molecule has 3 aromatic heterocycles. The number of aromatic nitrogens is 7. The zero-order valence-corrected chi connectivity index (χ0v) is 29.3. The van der Waals surface area contributed by atoms with Crippen LogP contribution in [0, 0.1) is 29.4 Å². The smallest absolute Gasteiger partial charge is 0.321 e. The number of piperidine rings is 1. The third-order valence-electron chi connectivity index (χ3n) is 8.33. The van der Waals surface area contributed by atoms with Crippen molar-refractivity contribution < 1.29 is 36.7 Å². The lowest BCUT2D eigenvalue weighted by molar-refractivity contribution is 0.265. The summed E-state index contributed by atoms with van der Waals surface area (Å²) in [6.45, 7) is -10.1. The van der Waals surface area contributed by atoms with Crippen molar-refractivity contribution in [1.29, 1.82) is 0 Å². The maximum absolute atomic E-state index is 13.6. The van der Waals surface area contributed by atoms with E-state index in [0.29, 0.717) is 39.3 Å². The van der Waals surface area contributed by atoms with E-state index in [1.54, 1.807) is 13.3 Å². The van der Waals surface area contributed by atoms with Crippen LogP contribution >= 0.6 is 39.1 Å². The van der Waals surface area contributed by atoms with E-state index in [1.807, 2.05) is 12.1 Å². The van der Waals surface area contributed by atoms with Gasteiger partial charge in [-0.25, -0.2) is 23.1 Å². The number of ether oxygens (including phenoxy) is 3. The molecule has 16 heteroatoms. The molecule has 3 atom stereocenters. The van der Waals surface area contributed by atoms with E-state index >= 15 is 0 Å². The van der Waals surface area contributed by atoms with Gasteiger partial charge in [-0.3, -0.25) is 0 Å². The molecule has 1 aliphatic carbocycles. The molecule has 0 spiro atoms. The number of benzene rings is 2. The van der Waals surface area contributed by atoms with Gasteiger partial charge in [0.05, 0.1) is 22.6 Å². The van der Waals surface area contributed by atoms with E-state index in [4.69, 9.17) is 51.1 Å². The van der Waals surface area contributed by atoms with Crippen molar-refractivity contribution >= 4 is 44.8 Å². The topological polar surface area (TPSA) is 105 Å². The van der Waals surface area contributed by atoms with Crippen molar-refractivity contribution in [2.75, 3.05) is 25.1 Å². The van der Waals surface area contributed by atoms with Crippen LogP contribution in [0.3, 0.4) is 0 Å². The van der Waals surface area contributed by atoms with Gasteiger partial charge in [-0.1, -0.05) is 23.2 Å². The number of hydrogen-bond donors (Lipinski definition) is 0. The molecule has 0 amide bonds. The van der Waals surface area contributed by atoms with Crippen molar-refractivity contribution in [3.8, 4) is 29.4 Å². The highest BCUT2D eigenvalue weighted by Crippen LogP contribution is 2.45. The molecule has 2 fully saturated rings. The lowest BCUT2D eigenvalue weighted by Gasteiger charge is -2.39. The number of fused-ring (bicyclic) bond motifs is 2. The third-order valence-corrected chi connectivity index (χ3v) is 9.24. The molecule has 1 saturated heterocycles. The van der Waals surface area contributed by atoms with E-state index in [-0.39, 0.29) is 38.2 Å². The molecule has 11 nitrogen and oxygen atoms in total. The molecule has 264 valence electrons. The number of aryl methyl sites for hydroxylation is 2. The summed E-state index contributed by atoms with van der Waals surface area (Å²) >= 11 is 14.4. The van der Waals surface area contributed by atoms with Crippen molar-refractivity contribution in [2.24, 2.45) is 17.8 Å². The van der Waals surface area contributed by atoms with Crippen LogP contribution < -0.4 is 19.1 Å². The Labute approximate surface area is 320 Å². The Kier molecular flexibility index (Phi) is 7.96. The number of methoxy groups -OCH3 is 1. The third kappa shape index (κ3) is 8.30. The molecule has 2 aliphatic rings. The fourth-order valence-corrected chi connectivity index (χ4v) is 6.72. The van der Waals surface area contributed by atoms with Crippen LogP contribution in [0.1, 0.15) is 46.1 Å². The predicted octanol–water partition coefficient (Wildman–Crippen LogP) is 8.64. The van der Waals surface area contributed by atoms with Gasteiger partial charge >= 0.3 is 12.0 Å². The summed E-state index contributed by atoms with van der Waals surface area (Å²) in [5, 5.41) is 7.52. The Morgan fingerprint density at radius 1 is 0.880 bits per heavy atom. The maximum Gasteiger partial charge on any atom is 0.321 e. The fourth-order valence-electron chi connectivity index (χ4n) is 6.07. The average Bonchev–Trinajstić information content (AvgIpc) is 3.82. The van der Waals surface area contributed by atoms with Gasteiger partial charge < -0.3 is 19.1 Å². The second-order valence-electron chi connectivity index (χ2n) is 11.3. The molecule has 1 unspecified atom stereocenters. The Morgan fingerprint density at radius 3 is 2.06 bits per heavy atom. The van der Waals surface area contributed by atoms with Gasteiger partial charge in [0.25, 0.3) is 0 Å². The minimum absolute atomic E-state index is 0.0499. The number of nitrogens with zero attached hydrogens (tertiary/aromatic N) is 8. The molecule has 1 aliphatic heterocycles. The minimum Gasteiger partial charge on any atom is -0.481 e. The van der Waals surface area contributed by atoms with Crippen LogP contribution in [0.25, 0.3) is 0 Å².